The summed E-state index contributed by atoms with van der Waals surface area (Å²) in [5.74, 6) is -0.766. The highest BCUT2D eigenvalue weighted by Gasteiger charge is 2.20. The van der Waals surface area contributed by atoms with Crippen LogP contribution in [0.2, 0.25) is 0 Å². The minimum atomic E-state index is -1.05. The van der Waals surface area contributed by atoms with Gasteiger partial charge in [-0.3, -0.25) is 9.36 Å². The van der Waals surface area contributed by atoms with E-state index in [1.165, 1.54) is 4.57 Å². The Bertz CT molecular complexity index is 811. The summed E-state index contributed by atoms with van der Waals surface area (Å²) in [4.78, 5) is 22.7. The first-order valence-electron chi connectivity index (χ1n) is 5.54. The van der Waals surface area contributed by atoms with Crippen LogP contribution in [0.1, 0.15) is 16.1 Å². The fourth-order valence-electron chi connectivity index (χ4n) is 2.00. The first-order valence-corrected chi connectivity index (χ1v) is 6.42. The molecule has 0 atom stereocenters. The Balaban J connectivity index is 2.18. The first kappa shape index (κ1) is 11.7. The lowest BCUT2D eigenvalue weighted by molar-refractivity contribution is 0.0696. The van der Waals surface area contributed by atoms with Crippen molar-refractivity contribution in [2.75, 3.05) is 0 Å². The van der Waals surface area contributed by atoms with Crippen molar-refractivity contribution in [2.24, 2.45) is 0 Å². The zero-order valence-corrected chi connectivity index (χ0v) is 10.5. The van der Waals surface area contributed by atoms with Gasteiger partial charge in [0.2, 0.25) is 0 Å². The second kappa shape index (κ2) is 4.40. The van der Waals surface area contributed by atoms with E-state index >= 15 is 0 Å². The van der Waals surface area contributed by atoms with E-state index in [0.717, 1.165) is 11.3 Å². The van der Waals surface area contributed by atoms with E-state index in [1.807, 2.05) is 0 Å². The largest absolute Gasteiger partial charge is 0.478 e. The van der Waals surface area contributed by atoms with Gasteiger partial charge < -0.3 is 9.52 Å². The molecule has 6 heteroatoms. The smallest absolute Gasteiger partial charge is 0.339 e. The lowest BCUT2D eigenvalue weighted by Gasteiger charge is -1.99. The third-order valence-corrected chi connectivity index (χ3v) is 3.53. The molecular weight excluding hydrogens is 266 g/mol. The summed E-state index contributed by atoms with van der Waals surface area (Å²) >= 11 is 1.06. The molecule has 0 aliphatic rings. The van der Waals surface area contributed by atoms with Gasteiger partial charge in [0.25, 0.3) is 0 Å². The number of para-hydroxylation sites is 1. The second-order valence-electron chi connectivity index (χ2n) is 4.00. The first-order chi connectivity index (χ1) is 9.16. The zero-order chi connectivity index (χ0) is 13.4. The normalized spacial score (nSPS) is 10.9. The van der Waals surface area contributed by atoms with Crippen LogP contribution in [0.4, 0.5) is 0 Å². The number of aromatic carboxylic acids is 1. The van der Waals surface area contributed by atoms with Crippen molar-refractivity contribution in [3.8, 4) is 0 Å². The Kier molecular flexibility index (Phi) is 2.72. The maximum absolute atomic E-state index is 11.5. The highest BCUT2D eigenvalue weighted by molar-refractivity contribution is 7.07. The number of rotatable bonds is 3. The Morgan fingerprint density at radius 2 is 2.16 bits per heavy atom. The SMILES string of the molecule is O=C(O)c1c(Cn2ccsc2=O)oc2ccccc12. The monoisotopic (exact) mass is 275 g/mol. The molecule has 1 aromatic carbocycles. The molecular formula is C13H9NO4S. The molecule has 2 aromatic heterocycles. The van der Waals surface area contributed by atoms with Crippen LogP contribution in [0, 0.1) is 0 Å². The van der Waals surface area contributed by atoms with Crippen molar-refractivity contribution in [1.29, 1.82) is 0 Å². The van der Waals surface area contributed by atoms with Crippen molar-refractivity contribution in [3.05, 3.63) is 56.8 Å². The van der Waals surface area contributed by atoms with E-state index in [4.69, 9.17) is 4.42 Å². The van der Waals surface area contributed by atoms with E-state index in [2.05, 4.69) is 0 Å². The number of hydrogen-bond acceptors (Lipinski definition) is 4. The van der Waals surface area contributed by atoms with Gasteiger partial charge in [-0.25, -0.2) is 4.79 Å². The van der Waals surface area contributed by atoms with Crippen molar-refractivity contribution < 1.29 is 14.3 Å². The Hall–Kier alpha value is -2.34. The highest BCUT2D eigenvalue weighted by Crippen LogP contribution is 2.26. The second-order valence-corrected chi connectivity index (χ2v) is 4.86. The molecule has 0 aliphatic heterocycles. The van der Waals surface area contributed by atoms with E-state index in [1.54, 1.807) is 35.8 Å². The standard InChI is InChI=1S/C13H9NO4S/c15-12(16)11-8-3-1-2-4-9(8)18-10(11)7-14-5-6-19-13(14)17/h1-6H,7H2,(H,15,16). The van der Waals surface area contributed by atoms with Crippen LogP contribution in [0.5, 0.6) is 0 Å². The zero-order valence-electron chi connectivity index (χ0n) is 9.70. The van der Waals surface area contributed by atoms with Crippen LogP contribution in [-0.2, 0) is 6.54 Å². The maximum atomic E-state index is 11.5. The van der Waals surface area contributed by atoms with E-state index in [9.17, 15) is 14.7 Å². The van der Waals surface area contributed by atoms with Crippen LogP contribution in [-0.4, -0.2) is 15.6 Å². The van der Waals surface area contributed by atoms with Gasteiger partial charge in [-0.15, -0.1) is 0 Å². The molecule has 96 valence electrons. The van der Waals surface area contributed by atoms with Gasteiger partial charge in [-0.1, -0.05) is 29.5 Å². The third-order valence-electron chi connectivity index (χ3n) is 2.84. The van der Waals surface area contributed by atoms with Gasteiger partial charge in [0.05, 0.1) is 6.54 Å². The lowest BCUT2D eigenvalue weighted by Crippen LogP contribution is -2.14. The molecule has 0 saturated carbocycles. The molecule has 0 saturated heterocycles. The summed E-state index contributed by atoms with van der Waals surface area (Å²) < 4.78 is 6.98. The van der Waals surface area contributed by atoms with Gasteiger partial charge in [0.15, 0.2) is 0 Å². The average Bonchev–Trinajstić information content (AvgIpc) is 2.93. The van der Waals surface area contributed by atoms with E-state index in [0.29, 0.717) is 11.0 Å². The molecule has 5 nitrogen and oxygen atoms in total. The summed E-state index contributed by atoms with van der Waals surface area (Å²) in [7, 11) is 0. The predicted molar refractivity (Wildman–Crippen MR) is 70.9 cm³/mol. The molecule has 0 bridgehead atoms. The number of hydrogen-bond donors (Lipinski definition) is 1. The van der Waals surface area contributed by atoms with Crippen LogP contribution >= 0.6 is 11.3 Å². The van der Waals surface area contributed by atoms with Crippen molar-refractivity contribution in [1.82, 2.24) is 4.57 Å². The molecule has 0 fully saturated rings. The van der Waals surface area contributed by atoms with Gasteiger partial charge in [-0.05, 0) is 6.07 Å². The number of carboxylic acids is 1. The van der Waals surface area contributed by atoms with Crippen molar-refractivity contribution in [3.63, 3.8) is 0 Å². The molecule has 3 rings (SSSR count). The minimum Gasteiger partial charge on any atom is -0.478 e. The molecule has 0 spiro atoms. The van der Waals surface area contributed by atoms with Gasteiger partial charge in [0, 0.05) is 17.0 Å². The molecule has 2 heterocycles. The predicted octanol–water partition coefficient (Wildman–Crippen LogP) is 2.40. The van der Waals surface area contributed by atoms with Gasteiger partial charge in [-0.2, -0.15) is 0 Å². The maximum Gasteiger partial charge on any atom is 0.339 e. The summed E-state index contributed by atoms with van der Waals surface area (Å²) in [6.45, 7) is 0.124. The van der Waals surface area contributed by atoms with Crippen LogP contribution in [0.3, 0.4) is 0 Å². The molecule has 19 heavy (non-hydrogen) atoms. The van der Waals surface area contributed by atoms with Gasteiger partial charge in [0.1, 0.15) is 16.9 Å². The summed E-state index contributed by atoms with van der Waals surface area (Å²) in [6, 6.07) is 6.94. The van der Waals surface area contributed by atoms with E-state index in [-0.39, 0.29) is 22.7 Å². The van der Waals surface area contributed by atoms with Crippen molar-refractivity contribution >= 4 is 28.3 Å². The Morgan fingerprint density at radius 1 is 1.37 bits per heavy atom. The van der Waals surface area contributed by atoms with Gasteiger partial charge >= 0.3 is 10.8 Å². The number of aromatic nitrogens is 1. The van der Waals surface area contributed by atoms with Crippen LogP contribution < -0.4 is 4.87 Å². The van der Waals surface area contributed by atoms with Crippen molar-refractivity contribution in [2.45, 2.75) is 6.54 Å². The molecule has 0 amide bonds. The number of benzene rings is 1. The molecule has 3 aromatic rings. The summed E-state index contributed by atoms with van der Waals surface area (Å²) in [5.41, 5.74) is 0.631. The summed E-state index contributed by atoms with van der Waals surface area (Å²) in [5, 5.41) is 11.5. The summed E-state index contributed by atoms with van der Waals surface area (Å²) in [6.07, 6.45) is 1.62. The number of carbonyl (C=O) groups is 1. The molecule has 0 aliphatic carbocycles. The quantitative estimate of drug-likeness (QED) is 0.796. The lowest BCUT2D eigenvalue weighted by atomic mass is 10.1. The third kappa shape index (κ3) is 1.96. The number of carboxylic acid groups (broad SMARTS) is 1. The number of thiazole rings is 1. The number of fused-ring (bicyclic) bond motifs is 1. The van der Waals surface area contributed by atoms with Crippen LogP contribution in [0.25, 0.3) is 11.0 Å². The fraction of sp³-hybridized carbons (Fsp3) is 0.0769. The topological polar surface area (TPSA) is 72.4 Å². The van der Waals surface area contributed by atoms with Crippen LogP contribution in [0.15, 0.2) is 45.1 Å². The molecule has 1 N–H and O–H groups in total. The molecule has 0 radical (unpaired) electrons. The average molecular weight is 275 g/mol. The number of furan rings is 1. The molecule has 0 unspecified atom stereocenters. The van der Waals surface area contributed by atoms with E-state index < -0.39 is 5.97 Å². The Morgan fingerprint density at radius 3 is 2.84 bits per heavy atom. The highest BCUT2D eigenvalue weighted by atomic mass is 32.1. The minimum absolute atomic E-state index is 0.119. The Labute approximate surface area is 111 Å². The fourth-order valence-corrected chi connectivity index (χ4v) is 2.59. The number of nitrogens with zero attached hydrogens (tertiary/aromatic N) is 1.